The second-order valence-electron chi connectivity index (χ2n) is 10.8. The summed E-state index contributed by atoms with van der Waals surface area (Å²) in [7, 11) is 6.47. The van der Waals surface area contributed by atoms with Gasteiger partial charge in [0.2, 0.25) is 0 Å². The third-order valence-electron chi connectivity index (χ3n) is 8.11. The van der Waals surface area contributed by atoms with E-state index in [1.807, 2.05) is 24.3 Å². The van der Waals surface area contributed by atoms with E-state index in [0.29, 0.717) is 53.7 Å². The molecule has 228 valence electrons. The summed E-state index contributed by atoms with van der Waals surface area (Å²) in [5, 5.41) is 8.82. The van der Waals surface area contributed by atoms with E-state index in [0.717, 1.165) is 59.5 Å². The number of aromatic nitrogens is 4. The van der Waals surface area contributed by atoms with E-state index in [1.165, 1.54) is 19.2 Å². The smallest absolute Gasteiger partial charge is 0.187 e. The van der Waals surface area contributed by atoms with Gasteiger partial charge in [0.15, 0.2) is 23.0 Å². The molecule has 3 atom stereocenters. The van der Waals surface area contributed by atoms with Crippen LogP contribution in [0.25, 0.3) is 21.8 Å². The van der Waals surface area contributed by atoms with Crippen LogP contribution in [0, 0.1) is 5.92 Å². The van der Waals surface area contributed by atoms with Gasteiger partial charge in [-0.15, -0.1) is 0 Å². The number of hydrogen-bond acceptors (Lipinski definition) is 12. The number of methoxy groups -OCH3 is 4. The number of rotatable bonds is 9. The van der Waals surface area contributed by atoms with Crippen molar-refractivity contribution in [1.82, 2.24) is 19.9 Å². The Bertz CT molecular complexity index is 1560. The Morgan fingerprint density at radius 2 is 1.28 bits per heavy atom. The van der Waals surface area contributed by atoms with Crippen molar-refractivity contribution in [1.29, 1.82) is 0 Å². The minimum Gasteiger partial charge on any atom is -0.493 e. The molecule has 2 aliphatic heterocycles. The lowest BCUT2D eigenvalue weighted by molar-refractivity contribution is 0.0898. The molecule has 0 radical (unpaired) electrons. The molecule has 2 aromatic carbocycles. The van der Waals surface area contributed by atoms with E-state index >= 15 is 0 Å². The predicted octanol–water partition coefficient (Wildman–Crippen LogP) is 4.47. The molecule has 43 heavy (non-hydrogen) atoms. The van der Waals surface area contributed by atoms with Crippen LogP contribution in [-0.2, 0) is 9.47 Å². The molecule has 0 spiro atoms. The second-order valence-corrected chi connectivity index (χ2v) is 10.8. The molecule has 3 aliphatic rings. The largest absolute Gasteiger partial charge is 0.493 e. The summed E-state index contributed by atoms with van der Waals surface area (Å²) in [6.45, 7) is 2.32. The molecule has 4 aromatic rings. The lowest BCUT2D eigenvalue weighted by atomic mass is 10.1. The van der Waals surface area contributed by atoms with Crippen LogP contribution in [0.5, 0.6) is 23.0 Å². The number of nitrogens with one attached hydrogen (secondary N) is 2. The third kappa shape index (κ3) is 6.02. The number of ether oxygens (including phenoxy) is 6. The molecule has 2 saturated heterocycles. The van der Waals surface area contributed by atoms with Gasteiger partial charge in [-0.3, -0.25) is 0 Å². The lowest BCUT2D eigenvalue weighted by Gasteiger charge is -2.21. The summed E-state index contributed by atoms with van der Waals surface area (Å²) in [6, 6.07) is 8.27. The average Bonchev–Trinajstić information content (AvgIpc) is 3.56. The zero-order valence-electron chi connectivity index (χ0n) is 25.0. The Hall–Kier alpha value is -4.16. The Morgan fingerprint density at radius 1 is 0.674 bits per heavy atom. The van der Waals surface area contributed by atoms with Crippen LogP contribution in [0.3, 0.4) is 0 Å². The first-order valence-electron chi connectivity index (χ1n) is 14.6. The highest BCUT2D eigenvalue weighted by Crippen LogP contribution is 2.41. The van der Waals surface area contributed by atoms with Crippen LogP contribution in [0.15, 0.2) is 36.9 Å². The average molecular weight is 591 g/mol. The minimum atomic E-state index is 0.293. The Labute approximate surface area is 250 Å². The summed E-state index contributed by atoms with van der Waals surface area (Å²) in [6.07, 6.45) is 7.95. The first-order valence-corrected chi connectivity index (χ1v) is 14.6. The monoisotopic (exact) mass is 590 g/mol. The molecule has 3 fully saturated rings. The number of fused-ring (bicyclic) bond motifs is 2. The van der Waals surface area contributed by atoms with Gasteiger partial charge >= 0.3 is 0 Å². The van der Waals surface area contributed by atoms with Gasteiger partial charge in [0.1, 0.15) is 35.3 Å². The van der Waals surface area contributed by atoms with Crippen molar-refractivity contribution < 1.29 is 28.4 Å². The molecule has 2 N–H and O–H groups in total. The van der Waals surface area contributed by atoms with Gasteiger partial charge in [0.05, 0.1) is 53.2 Å². The zero-order chi connectivity index (χ0) is 29.8. The molecule has 0 amide bonds. The summed E-state index contributed by atoms with van der Waals surface area (Å²) < 4.78 is 32.8. The first kappa shape index (κ1) is 28.9. The van der Waals surface area contributed by atoms with E-state index in [1.54, 1.807) is 34.8 Å². The number of anilines is 2. The Balaban J connectivity index is 0.000000155. The molecule has 0 bridgehead atoms. The second kappa shape index (κ2) is 13.0. The topological polar surface area (TPSA) is 131 Å². The molecule has 12 nitrogen and oxygen atoms in total. The highest BCUT2D eigenvalue weighted by molar-refractivity contribution is 5.95. The van der Waals surface area contributed by atoms with Gasteiger partial charge in [-0.2, -0.15) is 0 Å². The molecular formula is C31H38N6O6. The van der Waals surface area contributed by atoms with Gasteiger partial charge in [0, 0.05) is 24.0 Å². The van der Waals surface area contributed by atoms with E-state index in [9.17, 15) is 0 Å². The van der Waals surface area contributed by atoms with Gasteiger partial charge in [0.25, 0.3) is 0 Å². The normalized spacial score (nSPS) is 21.3. The quantitative estimate of drug-likeness (QED) is 0.285. The van der Waals surface area contributed by atoms with Crippen LogP contribution in [-0.4, -0.2) is 86.4 Å². The van der Waals surface area contributed by atoms with E-state index in [2.05, 4.69) is 30.6 Å². The summed E-state index contributed by atoms with van der Waals surface area (Å²) in [5.74, 6) is 4.93. The lowest BCUT2D eigenvalue weighted by Crippen LogP contribution is -2.31. The highest BCUT2D eigenvalue weighted by Gasteiger charge is 2.41. The molecule has 1 aliphatic carbocycles. The van der Waals surface area contributed by atoms with Crippen molar-refractivity contribution in [3.05, 3.63) is 36.9 Å². The van der Waals surface area contributed by atoms with Crippen LogP contribution in [0.4, 0.5) is 11.6 Å². The highest BCUT2D eigenvalue weighted by atomic mass is 16.5. The van der Waals surface area contributed by atoms with Crippen molar-refractivity contribution in [3.63, 3.8) is 0 Å². The SMILES string of the molecule is COc1ccc2c(NC3CCOC3)ncnc2c1OC.COc1ccc2c(N[C@@H]3CCO[C@H]3C3CC3)ncnc2c1OC. The maximum absolute atomic E-state index is 5.90. The summed E-state index contributed by atoms with van der Waals surface area (Å²) in [4.78, 5) is 17.5. The van der Waals surface area contributed by atoms with Crippen LogP contribution < -0.4 is 29.6 Å². The zero-order valence-corrected chi connectivity index (χ0v) is 25.0. The van der Waals surface area contributed by atoms with Crippen LogP contribution in [0.1, 0.15) is 25.7 Å². The van der Waals surface area contributed by atoms with Crippen molar-refractivity contribution in [2.75, 3.05) is 58.9 Å². The molecular weight excluding hydrogens is 552 g/mol. The fraction of sp³-hybridized carbons (Fsp3) is 0.484. The van der Waals surface area contributed by atoms with Crippen LogP contribution >= 0.6 is 0 Å². The molecule has 1 unspecified atom stereocenters. The standard InChI is InChI=1S/C17H21N3O3.C14H17N3O3/c1-21-13-6-5-11-14(16(13)22-2)18-9-19-17(11)20-12-7-8-23-15(12)10-3-4-10;1-18-11-4-3-10-12(13(11)19-2)15-8-16-14(10)17-9-5-6-20-7-9/h5-6,9-10,12,15H,3-4,7-8H2,1-2H3,(H,18,19,20);3-4,8-9H,5-7H2,1-2H3,(H,15,16,17)/t12-,15+;/m1./s1. The summed E-state index contributed by atoms with van der Waals surface area (Å²) in [5.41, 5.74) is 1.49. The van der Waals surface area contributed by atoms with Crippen molar-refractivity contribution in [2.24, 2.45) is 5.92 Å². The van der Waals surface area contributed by atoms with Gasteiger partial charge < -0.3 is 39.1 Å². The van der Waals surface area contributed by atoms with E-state index in [4.69, 9.17) is 28.4 Å². The molecule has 1 saturated carbocycles. The fourth-order valence-corrected chi connectivity index (χ4v) is 5.79. The van der Waals surface area contributed by atoms with E-state index in [-0.39, 0.29) is 0 Å². The van der Waals surface area contributed by atoms with E-state index < -0.39 is 0 Å². The van der Waals surface area contributed by atoms with Crippen molar-refractivity contribution in [3.8, 4) is 23.0 Å². The summed E-state index contributed by atoms with van der Waals surface area (Å²) >= 11 is 0. The number of hydrogen-bond donors (Lipinski definition) is 2. The molecule has 4 heterocycles. The van der Waals surface area contributed by atoms with Gasteiger partial charge in [-0.05, 0) is 55.9 Å². The molecule has 7 rings (SSSR count). The molecule has 2 aromatic heterocycles. The Kier molecular flexibility index (Phi) is 8.75. The van der Waals surface area contributed by atoms with Crippen LogP contribution in [0.2, 0.25) is 0 Å². The van der Waals surface area contributed by atoms with Gasteiger partial charge in [-0.25, -0.2) is 19.9 Å². The maximum Gasteiger partial charge on any atom is 0.187 e. The predicted molar refractivity (Wildman–Crippen MR) is 163 cm³/mol. The van der Waals surface area contributed by atoms with Gasteiger partial charge in [-0.1, -0.05) is 0 Å². The number of nitrogens with zero attached hydrogens (tertiary/aromatic N) is 4. The third-order valence-corrected chi connectivity index (χ3v) is 8.11. The number of benzene rings is 2. The maximum atomic E-state index is 5.90. The Morgan fingerprint density at radius 3 is 1.79 bits per heavy atom. The minimum absolute atomic E-state index is 0.293. The molecule has 12 heteroatoms. The van der Waals surface area contributed by atoms with Crippen molar-refractivity contribution in [2.45, 2.75) is 43.9 Å². The fourth-order valence-electron chi connectivity index (χ4n) is 5.79. The first-order chi connectivity index (χ1) is 21.1. The van der Waals surface area contributed by atoms with Crippen molar-refractivity contribution >= 4 is 33.4 Å².